The molecule has 0 saturated carbocycles. The van der Waals surface area contributed by atoms with Crippen molar-refractivity contribution >= 4 is 11.8 Å². The number of methoxy groups -OCH3 is 1. The van der Waals surface area contributed by atoms with Crippen molar-refractivity contribution in [3.05, 3.63) is 24.3 Å². The van der Waals surface area contributed by atoms with Crippen LogP contribution in [0, 0.1) is 0 Å². The number of hydrogen-bond donors (Lipinski definition) is 8. The summed E-state index contributed by atoms with van der Waals surface area (Å²) in [7, 11) is 1.50. The zero-order valence-electron chi connectivity index (χ0n) is 26.0. The Morgan fingerprint density at radius 1 is 0.696 bits per heavy atom. The van der Waals surface area contributed by atoms with Crippen LogP contribution in [0.15, 0.2) is 24.3 Å². The van der Waals surface area contributed by atoms with Crippen LogP contribution in [0.5, 0.6) is 11.5 Å². The second-order valence-corrected chi connectivity index (χ2v) is 11.5. The molecule has 2 amide bonds. The van der Waals surface area contributed by atoms with Crippen LogP contribution in [-0.2, 0) is 33.3 Å². The van der Waals surface area contributed by atoms with Gasteiger partial charge in [0.2, 0.25) is 18.1 Å². The highest BCUT2D eigenvalue weighted by molar-refractivity contribution is 5.73. The lowest BCUT2D eigenvalue weighted by Gasteiger charge is -2.49. The molecule has 3 fully saturated rings. The zero-order chi connectivity index (χ0) is 33.9. The van der Waals surface area contributed by atoms with Crippen molar-refractivity contribution in [2.45, 2.75) is 120 Å². The normalized spacial score (nSPS) is 41.3. The minimum atomic E-state index is -1.63. The van der Waals surface area contributed by atoms with Crippen molar-refractivity contribution in [1.82, 2.24) is 10.6 Å². The summed E-state index contributed by atoms with van der Waals surface area (Å²) in [6.45, 7) is 4.60. The predicted molar refractivity (Wildman–Crippen MR) is 153 cm³/mol. The van der Waals surface area contributed by atoms with Gasteiger partial charge in [-0.05, 0) is 38.1 Å². The number of rotatable bonds is 10. The van der Waals surface area contributed by atoms with Crippen molar-refractivity contribution in [3.8, 4) is 11.5 Å². The summed E-state index contributed by atoms with van der Waals surface area (Å²) in [5.41, 5.74) is 0. The van der Waals surface area contributed by atoms with E-state index in [-0.39, 0.29) is 0 Å². The average molecular weight is 661 g/mol. The molecule has 17 nitrogen and oxygen atoms in total. The molecule has 17 heteroatoms. The van der Waals surface area contributed by atoms with Crippen LogP contribution < -0.4 is 20.1 Å². The fraction of sp³-hybridized carbons (Fsp3) is 0.724. The van der Waals surface area contributed by atoms with E-state index in [0.717, 1.165) is 0 Å². The lowest BCUT2D eigenvalue weighted by atomic mass is 9.94. The number of hydrogen-bond acceptors (Lipinski definition) is 15. The molecule has 3 saturated heterocycles. The predicted octanol–water partition coefficient (Wildman–Crippen LogP) is -3.13. The van der Waals surface area contributed by atoms with Gasteiger partial charge in [-0.3, -0.25) is 9.59 Å². The molecule has 3 aliphatic heterocycles. The molecular formula is C29H44N2O15. The van der Waals surface area contributed by atoms with Crippen LogP contribution in [0.1, 0.15) is 27.7 Å². The summed E-state index contributed by atoms with van der Waals surface area (Å²) in [4.78, 5) is 24.3. The molecular weight excluding hydrogens is 616 g/mol. The van der Waals surface area contributed by atoms with Crippen LogP contribution in [0.3, 0.4) is 0 Å². The quantitative estimate of drug-likeness (QED) is 0.124. The van der Waals surface area contributed by atoms with Crippen molar-refractivity contribution in [3.63, 3.8) is 0 Å². The highest BCUT2D eigenvalue weighted by Gasteiger charge is 2.54. The van der Waals surface area contributed by atoms with Gasteiger partial charge in [-0.25, -0.2) is 0 Å². The van der Waals surface area contributed by atoms with Gasteiger partial charge in [0.25, 0.3) is 0 Å². The molecule has 3 heterocycles. The standard InChI is InChI=1S/C29H44N2O15/c1-11-20(35)23(38)18(30-13(3)33)27(41-11)45-25-19(31-14(4)34)28(44-17(10-32)22(25)37)46-26-21(36)12(2)42-29(24(26)39)43-16-8-6-15(40-5)7-9-16/h6-9,11-12,17-29,32,35-39H,10H2,1-5H3,(H,30,33)(H,31,34)/t11-,12-,17+,18-,19+,20+,21-,22+,23-,24+,25+,26+,27-,28-,29-/m0/s1. The Morgan fingerprint density at radius 3 is 1.80 bits per heavy atom. The minimum Gasteiger partial charge on any atom is -0.497 e. The third-order valence-electron chi connectivity index (χ3n) is 8.11. The summed E-state index contributed by atoms with van der Waals surface area (Å²) in [6, 6.07) is 3.78. The Bertz CT molecular complexity index is 1160. The van der Waals surface area contributed by atoms with E-state index in [1.807, 2.05) is 0 Å². The van der Waals surface area contributed by atoms with E-state index in [1.54, 1.807) is 24.3 Å². The molecule has 0 unspecified atom stereocenters. The highest BCUT2D eigenvalue weighted by Crippen LogP contribution is 2.33. The smallest absolute Gasteiger partial charge is 0.229 e. The summed E-state index contributed by atoms with van der Waals surface area (Å²) < 4.78 is 40.4. The van der Waals surface area contributed by atoms with Gasteiger partial charge in [-0.15, -0.1) is 0 Å². The zero-order valence-corrected chi connectivity index (χ0v) is 26.0. The van der Waals surface area contributed by atoms with E-state index < -0.39 is 110 Å². The largest absolute Gasteiger partial charge is 0.497 e. The van der Waals surface area contributed by atoms with Gasteiger partial charge in [-0.1, -0.05) is 0 Å². The Hall–Kier alpha value is -2.68. The van der Waals surface area contributed by atoms with Gasteiger partial charge in [0, 0.05) is 13.8 Å². The number of carbonyl (C=O) groups excluding carboxylic acids is 2. The molecule has 1 aromatic carbocycles. The third kappa shape index (κ3) is 8.06. The van der Waals surface area contributed by atoms with Gasteiger partial charge < -0.3 is 74.4 Å². The first kappa shape index (κ1) is 36.2. The van der Waals surface area contributed by atoms with E-state index in [1.165, 1.54) is 34.8 Å². The molecule has 3 aliphatic rings. The van der Waals surface area contributed by atoms with E-state index in [0.29, 0.717) is 11.5 Å². The van der Waals surface area contributed by atoms with Gasteiger partial charge in [0.05, 0.1) is 25.9 Å². The maximum Gasteiger partial charge on any atom is 0.229 e. The fourth-order valence-corrected chi connectivity index (χ4v) is 5.62. The first-order valence-electron chi connectivity index (χ1n) is 14.9. The van der Waals surface area contributed by atoms with Crippen molar-refractivity contribution in [1.29, 1.82) is 0 Å². The fourth-order valence-electron chi connectivity index (χ4n) is 5.62. The Morgan fingerprint density at radius 2 is 1.22 bits per heavy atom. The third-order valence-corrected chi connectivity index (χ3v) is 8.11. The molecule has 0 aromatic heterocycles. The maximum atomic E-state index is 12.4. The second kappa shape index (κ2) is 15.5. The summed E-state index contributed by atoms with van der Waals surface area (Å²) in [6.07, 6.45) is -18.1. The summed E-state index contributed by atoms with van der Waals surface area (Å²) >= 11 is 0. The molecule has 46 heavy (non-hydrogen) atoms. The molecule has 1 aromatic rings. The van der Waals surface area contributed by atoms with E-state index in [2.05, 4.69) is 10.6 Å². The van der Waals surface area contributed by atoms with Gasteiger partial charge in [0.15, 0.2) is 12.6 Å². The van der Waals surface area contributed by atoms with Crippen LogP contribution in [0.4, 0.5) is 0 Å². The molecule has 0 aliphatic carbocycles. The monoisotopic (exact) mass is 660 g/mol. The van der Waals surface area contributed by atoms with E-state index in [9.17, 15) is 40.2 Å². The Kier molecular flexibility index (Phi) is 12.2. The Balaban J connectivity index is 1.61. The molecule has 0 radical (unpaired) electrons. The molecule has 8 N–H and O–H groups in total. The number of aliphatic hydroxyl groups is 6. The minimum absolute atomic E-state index is 0.317. The van der Waals surface area contributed by atoms with Crippen LogP contribution in [0.25, 0.3) is 0 Å². The van der Waals surface area contributed by atoms with Crippen LogP contribution >= 0.6 is 0 Å². The molecule has 260 valence electrons. The lowest BCUT2D eigenvalue weighted by Crippen LogP contribution is -2.70. The number of nitrogens with one attached hydrogen (secondary N) is 2. The van der Waals surface area contributed by atoms with E-state index >= 15 is 0 Å². The first-order valence-corrected chi connectivity index (χ1v) is 14.9. The topological polar surface area (TPSA) is 244 Å². The summed E-state index contributed by atoms with van der Waals surface area (Å²) in [5.74, 6) is -0.303. The second-order valence-electron chi connectivity index (χ2n) is 11.5. The molecule has 0 bridgehead atoms. The number of benzene rings is 1. The first-order chi connectivity index (χ1) is 21.7. The average Bonchev–Trinajstić information content (AvgIpc) is 3.01. The summed E-state index contributed by atoms with van der Waals surface area (Å²) in [5, 5.41) is 69.6. The van der Waals surface area contributed by atoms with Gasteiger partial charge in [0.1, 0.15) is 72.4 Å². The molecule has 0 spiro atoms. The maximum absolute atomic E-state index is 12.4. The highest BCUT2D eigenvalue weighted by atomic mass is 16.7. The Labute approximate surface area is 265 Å². The van der Waals surface area contributed by atoms with Crippen molar-refractivity contribution in [2.24, 2.45) is 0 Å². The van der Waals surface area contributed by atoms with Crippen LogP contribution in [-0.4, -0.2) is 148 Å². The lowest BCUT2D eigenvalue weighted by molar-refractivity contribution is -0.351. The van der Waals surface area contributed by atoms with Gasteiger partial charge in [-0.2, -0.15) is 0 Å². The molecule has 15 atom stereocenters. The van der Waals surface area contributed by atoms with Crippen molar-refractivity contribution < 1.29 is 73.4 Å². The number of ether oxygens (including phenoxy) is 7. The van der Waals surface area contributed by atoms with Crippen LogP contribution in [0.2, 0.25) is 0 Å². The SMILES string of the molecule is COc1ccc(O[C@@H]2O[C@@H](C)[C@H](O)[C@@H](O[C@@H]3O[C@H](CO)[C@@H](O)[C@H](O[C@@H]4O[C@@H](C)[C@@H](O)[C@@H](O)[C@@H]4NC(C)=O)[C@H]3NC(C)=O)[C@H]2O)cc1. The van der Waals surface area contributed by atoms with E-state index in [4.69, 9.17) is 33.2 Å². The number of amides is 2. The van der Waals surface area contributed by atoms with Crippen molar-refractivity contribution in [2.75, 3.05) is 13.7 Å². The number of aliphatic hydroxyl groups excluding tert-OH is 6. The number of carbonyl (C=O) groups is 2. The van der Waals surface area contributed by atoms with Gasteiger partial charge >= 0.3 is 0 Å². The molecule has 4 rings (SSSR count).